The van der Waals surface area contributed by atoms with Gasteiger partial charge in [0.1, 0.15) is 0 Å². The predicted molar refractivity (Wildman–Crippen MR) is 76.8 cm³/mol. The molecule has 2 aliphatic rings. The summed E-state index contributed by atoms with van der Waals surface area (Å²) < 4.78 is 0. The number of hydrogen-bond acceptors (Lipinski definition) is 1. The molecule has 98 valence electrons. The quantitative estimate of drug-likeness (QED) is 0.831. The van der Waals surface area contributed by atoms with Crippen LogP contribution in [0.4, 0.5) is 0 Å². The van der Waals surface area contributed by atoms with E-state index in [2.05, 4.69) is 42.6 Å². The first-order chi connectivity index (χ1) is 8.84. The van der Waals surface area contributed by atoms with E-state index in [1.165, 1.54) is 45.1 Å². The number of hydrogen-bond donors (Lipinski definition) is 1. The fourth-order valence-corrected chi connectivity index (χ4v) is 4.39. The van der Waals surface area contributed by atoms with Crippen LogP contribution >= 0.6 is 0 Å². The van der Waals surface area contributed by atoms with Gasteiger partial charge in [0, 0.05) is 11.5 Å². The number of benzene rings is 1. The molecule has 0 radical (unpaired) electrons. The highest BCUT2D eigenvalue weighted by Gasteiger charge is 2.47. The minimum Gasteiger partial charge on any atom is -0.313 e. The van der Waals surface area contributed by atoms with Crippen molar-refractivity contribution < 1.29 is 0 Å². The highest BCUT2D eigenvalue weighted by Crippen LogP contribution is 2.49. The topological polar surface area (TPSA) is 12.0 Å². The van der Waals surface area contributed by atoms with Crippen LogP contribution in [0.5, 0.6) is 0 Å². The van der Waals surface area contributed by atoms with Gasteiger partial charge >= 0.3 is 0 Å². The third-order valence-corrected chi connectivity index (χ3v) is 5.35. The van der Waals surface area contributed by atoms with Gasteiger partial charge in [-0.1, -0.05) is 50.1 Å². The zero-order chi connectivity index (χ0) is 12.4. The zero-order valence-corrected chi connectivity index (χ0v) is 11.5. The molecule has 1 aliphatic heterocycles. The van der Waals surface area contributed by atoms with Crippen molar-refractivity contribution in [1.29, 1.82) is 0 Å². The molecule has 18 heavy (non-hydrogen) atoms. The van der Waals surface area contributed by atoms with Crippen molar-refractivity contribution in [3.8, 4) is 0 Å². The van der Waals surface area contributed by atoms with Crippen molar-refractivity contribution in [3.05, 3.63) is 35.9 Å². The molecule has 0 amide bonds. The summed E-state index contributed by atoms with van der Waals surface area (Å²) in [4.78, 5) is 0. The van der Waals surface area contributed by atoms with Gasteiger partial charge in [-0.25, -0.2) is 0 Å². The van der Waals surface area contributed by atoms with Crippen LogP contribution in [0.3, 0.4) is 0 Å². The normalized spacial score (nSPS) is 36.7. The molecule has 1 aromatic rings. The van der Waals surface area contributed by atoms with E-state index in [0.29, 0.717) is 11.5 Å². The Morgan fingerprint density at radius 2 is 1.89 bits per heavy atom. The van der Waals surface area contributed by atoms with Crippen molar-refractivity contribution in [3.63, 3.8) is 0 Å². The lowest BCUT2D eigenvalue weighted by Gasteiger charge is -2.44. The third-order valence-electron chi connectivity index (χ3n) is 5.35. The van der Waals surface area contributed by atoms with Crippen molar-refractivity contribution in [2.24, 2.45) is 5.92 Å². The van der Waals surface area contributed by atoms with Gasteiger partial charge in [0.25, 0.3) is 0 Å². The lowest BCUT2D eigenvalue weighted by atomic mass is 9.65. The van der Waals surface area contributed by atoms with E-state index < -0.39 is 0 Å². The van der Waals surface area contributed by atoms with Crippen LogP contribution in [0.2, 0.25) is 0 Å². The molecule has 3 unspecified atom stereocenters. The van der Waals surface area contributed by atoms with Gasteiger partial charge in [-0.05, 0) is 43.7 Å². The monoisotopic (exact) mass is 243 g/mol. The molecule has 0 bridgehead atoms. The maximum absolute atomic E-state index is 3.83. The maximum atomic E-state index is 3.83. The van der Waals surface area contributed by atoms with E-state index >= 15 is 0 Å². The minimum atomic E-state index is 0.404. The summed E-state index contributed by atoms with van der Waals surface area (Å²) in [6.45, 7) is 3.68. The lowest BCUT2D eigenvalue weighted by molar-refractivity contribution is 0.202. The first-order valence-electron chi connectivity index (χ1n) is 7.63. The third kappa shape index (κ3) is 1.89. The average molecular weight is 243 g/mol. The van der Waals surface area contributed by atoms with E-state index in [1.807, 2.05) is 0 Å². The van der Waals surface area contributed by atoms with E-state index in [9.17, 15) is 0 Å². The van der Waals surface area contributed by atoms with Gasteiger partial charge < -0.3 is 5.32 Å². The molecule has 1 heterocycles. The van der Waals surface area contributed by atoms with E-state index in [4.69, 9.17) is 0 Å². The van der Waals surface area contributed by atoms with Gasteiger partial charge in [-0.3, -0.25) is 0 Å². The Morgan fingerprint density at radius 1 is 1.06 bits per heavy atom. The Labute approximate surface area is 111 Å². The Morgan fingerprint density at radius 3 is 2.50 bits per heavy atom. The van der Waals surface area contributed by atoms with Crippen LogP contribution in [0, 0.1) is 5.92 Å². The van der Waals surface area contributed by atoms with E-state index in [1.54, 1.807) is 5.56 Å². The fraction of sp³-hybridized carbons (Fsp3) is 0.647. The summed E-state index contributed by atoms with van der Waals surface area (Å²) in [5.41, 5.74) is 1.98. The van der Waals surface area contributed by atoms with Gasteiger partial charge in [0.05, 0.1) is 0 Å². The molecule has 1 heteroatoms. The maximum Gasteiger partial charge on any atom is 0.0167 e. The molecule has 3 atom stereocenters. The summed E-state index contributed by atoms with van der Waals surface area (Å²) in [7, 11) is 0. The second kappa shape index (κ2) is 5.05. The second-order valence-corrected chi connectivity index (χ2v) is 6.20. The summed E-state index contributed by atoms with van der Waals surface area (Å²) in [5, 5.41) is 3.83. The molecule has 2 fully saturated rings. The fourth-order valence-electron chi connectivity index (χ4n) is 4.39. The molecule has 1 aromatic carbocycles. The first-order valence-corrected chi connectivity index (χ1v) is 7.63. The zero-order valence-electron chi connectivity index (χ0n) is 11.5. The summed E-state index contributed by atoms with van der Waals surface area (Å²) >= 11 is 0. The molecular formula is C17H25N. The molecule has 1 nitrogen and oxygen atoms in total. The van der Waals surface area contributed by atoms with E-state index in [-0.39, 0.29) is 0 Å². The summed E-state index contributed by atoms with van der Waals surface area (Å²) in [5.74, 6) is 0.815. The van der Waals surface area contributed by atoms with Crippen LogP contribution in [0.25, 0.3) is 0 Å². The van der Waals surface area contributed by atoms with Crippen molar-refractivity contribution in [2.45, 2.75) is 56.9 Å². The first kappa shape index (κ1) is 12.2. The Bertz CT molecular complexity index is 380. The van der Waals surface area contributed by atoms with Crippen LogP contribution in [0.1, 0.15) is 51.0 Å². The van der Waals surface area contributed by atoms with E-state index in [0.717, 1.165) is 5.92 Å². The molecule has 0 spiro atoms. The van der Waals surface area contributed by atoms with Gasteiger partial charge in [-0.15, -0.1) is 0 Å². The Balaban J connectivity index is 1.98. The second-order valence-electron chi connectivity index (χ2n) is 6.20. The standard InChI is InChI=1S/C17H25N/c1-14-8-7-12-17(14,15-9-3-2-4-10-15)16-11-5-6-13-18-16/h2-4,9-10,14,16,18H,5-8,11-13H2,1H3. The number of rotatable bonds is 2. The molecule has 3 rings (SSSR count). The lowest BCUT2D eigenvalue weighted by Crippen LogP contribution is -2.52. The van der Waals surface area contributed by atoms with Crippen LogP contribution < -0.4 is 5.32 Å². The van der Waals surface area contributed by atoms with Crippen molar-refractivity contribution in [1.82, 2.24) is 5.32 Å². The molecule has 0 aromatic heterocycles. The summed E-state index contributed by atoms with van der Waals surface area (Å²) in [6, 6.07) is 12.0. The molecular weight excluding hydrogens is 218 g/mol. The highest BCUT2D eigenvalue weighted by atomic mass is 14.9. The Kier molecular flexibility index (Phi) is 3.43. The molecule has 1 aliphatic carbocycles. The van der Waals surface area contributed by atoms with Crippen molar-refractivity contribution >= 4 is 0 Å². The largest absolute Gasteiger partial charge is 0.313 e. The van der Waals surface area contributed by atoms with Gasteiger partial charge in [-0.2, -0.15) is 0 Å². The molecule has 1 saturated heterocycles. The van der Waals surface area contributed by atoms with Crippen molar-refractivity contribution in [2.75, 3.05) is 6.54 Å². The predicted octanol–water partition coefficient (Wildman–Crippen LogP) is 3.89. The summed E-state index contributed by atoms with van der Waals surface area (Å²) in [6.07, 6.45) is 8.28. The highest BCUT2D eigenvalue weighted by molar-refractivity contribution is 5.30. The van der Waals surface area contributed by atoms with Gasteiger partial charge in [0.15, 0.2) is 0 Å². The van der Waals surface area contributed by atoms with Crippen LogP contribution in [-0.4, -0.2) is 12.6 Å². The average Bonchev–Trinajstić information content (AvgIpc) is 2.84. The SMILES string of the molecule is CC1CCCC1(c1ccccc1)C1CCCCN1. The van der Waals surface area contributed by atoms with Gasteiger partial charge in [0.2, 0.25) is 0 Å². The number of piperidine rings is 1. The van der Waals surface area contributed by atoms with Crippen LogP contribution in [-0.2, 0) is 5.41 Å². The number of nitrogens with one attached hydrogen (secondary N) is 1. The molecule has 1 saturated carbocycles. The smallest absolute Gasteiger partial charge is 0.0167 e. The minimum absolute atomic E-state index is 0.404. The Hall–Kier alpha value is -0.820. The molecule has 1 N–H and O–H groups in total. The van der Waals surface area contributed by atoms with Crippen LogP contribution in [0.15, 0.2) is 30.3 Å².